The maximum Gasteiger partial charge on any atom is 0.219 e. The monoisotopic (exact) mass is 113 g/mol. The van der Waals surface area contributed by atoms with Gasteiger partial charge in [0.05, 0.1) is 0 Å². The Morgan fingerprint density at radius 2 is 2.29 bits per heavy atom. The molecule has 0 radical (unpaired) electrons. The van der Waals surface area contributed by atoms with Crippen LogP contribution in [0.1, 0.15) is 0 Å². The van der Waals surface area contributed by atoms with Crippen molar-refractivity contribution < 1.29 is 0 Å². The number of thiocarbonyl (C=S) groups is 1. The molecule has 1 rings (SSSR count). The summed E-state index contributed by atoms with van der Waals surface area (Å²) in [6.07, 6.45) is 0. The summed E-state index contributed by atoms with van der Waals surface area (Å²) in [5.74, 6) is 0.519. The lowest BCUT2D eigenvalue weighted by molar-refractivity contribution is 1.14. The van der Waals surface area contributed by atoms with E-state index < -0.39 is 0 Å². The molecule has 0 aliphatic carbocycles. The van der Waals surface area contributed by atoms with Crippen molar-refractivity contribution in [3.8, 4) is 0 Å². The number of hydrogen-bond donors (Lipinski definition) is 1. The van der Waals surface area contributed by atoms with Crippen molar-refractivity contribution in [3.05, 3.63) is 12.4 Å². The summed E-state index contributed by atoms with van der Waals surface area (Å²) in [5, 5.41) is 9.97. The summed E-state index contributed by atoms with van der Waals surface area (Å²) < 4.78 is 0. The molecule has 1 aliphatic rings. The lowest BCUT2D eigenvalue weighted by Crippen LogP contribution is -2.09. The molecule has 4 heteroatoms. The highest BCUT2D eigenvalue weighted by molar-refractivity contribution is 7.80. The summed E-state index contributed by atoms with van der Waals surface area (Å²) in [5.41, 5.74) is 0. The largest absolute Gasteiger partial charge is 0.313 e. The number of azo groups is 1. The Labute approximate surface area is 46.1 Å². The minimum atomic E-state index is 0.394. The molecule has 0 saturated carbocycles. The van der Waals surface area contributed by atoms with Crippen molar-refractivity contribution in [2.75, 3.05) is 0 Å². The first kappa shape index (κ1) is 4.39. The lowest BCUT2D eigenvalue weighted by Gasteiger charge is -1.83. The predicted molar refractivity (Wildman–Crippen MR) is 29.7 cm³/mol. The van der Waals surface area contributed by atoms with Crippen LogP contribution >= 0.6 is 12.2 Å². The standard InChI is InChI=1S/C3H3N3S/c1-2-4-3(7)6-5-2/h1H2,(H,4,7). The molecule has 3 nitrogen and oxygen atoms in total. The maximum absolute atomic E-state index is 4.56. The van der Waals surface area contributed by atoms with Crippen molar-refractivity contribution in [1.82, 2.24) is 5.32 Å². The van der Waals surface area contributed by atoms with Crippen LogP contribution in [-0.2, 0) is 0 Å². The van der Waals surface area contributed by atoms with Crippen LogP contribution < -0.4 is 5.32 Å². The molecule has 0 aromatic rings. The molecule has 0 spiro atoms. The summed E-state index contributed by atoms with van der Waals surface area (Å²) in [6.45, 7) is 3.45. The Balaban J connectivity index is 2.76. The van der Waals surface area contributed by atoms with Gasteiger partial charge in [0.2, 0.25) is 5.11 Å². The van der Waals surface area contributed by atoms with Gasteiger partial charge in [-0.25, -0.2) is 0 Å². The zero-order valence-corrected chi connectivity index (χ0v) is 4.33. The summed E-state index contributed by atoms with van der Waals surface area (Å²) in [6, 6.07) is 0. The van der Waals surface area contributed by atoms with E-state index in [1.807, 2.05) is 0 Å². The van der Waals surface area contributed by atoms with E-state index in [9.17, 15) is 0 Å². The van der Waals surface area contributed by atoms with E-state index in [-0.39, 0.29) is 0 Å². The number of rotatable bonds is 0. The zero-order chi connectivity index (χ0) is 5.28. The molecule has 1 heterocycles. The Kier molecular flexibility index (Phi) is 0.867. The fourth-order valence-corrected chi connectivity index (χ4v) is 0.438. The third-order valence-corrected chi connectivity index (χ3v) is 0.696. The van der Waals surface area contributed by atoms with Gasteiger partial charge in [0.15, 0.2) is 0 Å². The van der Waals surface area contributed by atoms with E-state index in [1.54, 1.807) is 0 Å². The van der Waals surface area contributed by atoms with Gasteiger partial charge in [-0.1, -0.05) is 6.58 Å². The van der Waals surface area contributed by atoms with Gasteiger partial charge in [0, 0.05) is 0 Å². The molecule has 0 unspecified atom stereocenters. The minimum absolute atomic E-state index is 0.394. The average Bonchev–Trinajstić information content (AvgIpc) is 1.87. The maximum atomic E-state index is 4.56. The van der Waals surface area contributed by atoms with Crippen LogP contribution in [-0.4, -0.2) is 5.11 Å². The first-order valence-electron chi connectivity index (χ1n) is 1.70. The quantitative estimate of drug-likeness (QED) is 0.472. The van der Waals surface area contributed by atoms with Gasteiger partial charge in [0.25, 0.3) is 0 Å². The molecule has 0 atom stereocenters. The van der Waals surface area contributed by atoms with Crippen LogP contribution in [0.25, 0.3) is 0 Å². The Morgan fingerprint density at radius 1 is 1.57 bits per heavy atom. The van der Waals surface area contributed by atoms with E-state index >= 15 is 0 Å². The van der Waals surface area contributed by atoms with Crippen LogP contribution in [0.2, 0.25) is 0 Å². The molecule has 0 fully saturated rings. The van der Waals surface area contributed by atoms with E-state index in [2.05, 4.69) is 34.3 Å². The van der Waals surface area contributed by atoms with Crippen LogP contribution in [0.15, 0.2) is 22.6 Å². The minimum Gasteiger partial charge on any atom is -0.313 e. The normalized spacial score (nSPS) is 17.7. The predicted octanol–water partition coefficient (Wildman–Crippen LogP) is 0.798. The van der Waals surface area contributed by atoms with Gasteiger partial charge in [-0.2, -0.15) is 0 Å². The molecule has 1 aliphatic heterocycles. The molecule has 1 N–H and O–H groups in total. The van der Waals surface area contributed by atoms with E-state index in [0.717, 1.165) is 0 Å². The van der Waals surface area contributed by atoms with E-state index in [0.29, 0.717) is 10.9 Å². The topological polar surface area (TPSA) is 36.8 Å². The molecule has 0 aromatic heterocycles. The van der Waals surface area contributed by atoms with Gasteiger partial charge in [0.1, 0.15) is 5.82 Å². The van der Waals surface area contributed by atoms with E-state index in [1.165, 1.54) is 0 Å². The molecule has 7 heavy (non-hydrogen) atoms. The molecule has 0 amide bonds. The highest BCUT2D eigenvalue weighted by Gasteiger charge is 2.00. The Morgan fingerprint density at radius 3 is 2.43 bits per heavy atom. The van der Waals surface area contributed by atoms with Crippen molar-refractivity contribution in [2.24, 2.45) is 10.2 Å². The van der Waals surface area contributed by atoms with Gasteiger partial charge >= 0.3 is 0 Å². The molecule has 0 aromatic carbocycles. The van der Waals surface area contributed by atoms with E-state index in [4.69, 9.17) is 0 Å². The Bertz CT molecular complexity index is 132. The fraction of sp³-hybridized carbons (Fsp3) is 0. The SMILES string of the molecule is C=C1N=NC(=S)N1. The fourth-order valence-electron chi connectivity index (χ4n) is 0.279. The van der Waals surface area contributed by atoms with Gasteiger partial charge in [-0.05, 0) is 12.2 Å². The number of nitrogens with one attached hydrogen (secondary N) is 1. The van der Waals surface area contributed by atoms with Gasteiger partial charge < -0.3 is 5.32 Å². The van der Waals surface area contributed by atoms with Crippen LogP contribution in [0, 0.1) is 0 Å². The highest BCUT2D eigenvalue weighted by atomic mass is 32.1. The molecule has 0 saturated heterocycles. The molecule has 36 valence electrons. The third-order valence-electron chi connectivity index (χ3n) is 0.513. The summed E-state index contributed by atoms with van der Waals surface area (Å²) in [4.78, 5) is 0. The lowest BCUT2D eigenvalue weighted by atomic mass is 10.8. The molecule has 0 bridgehead atoms. The zero-order valence-electron chi connectivity index (χ0n) is 3.51. The molecular formula is C3H3N3S. The Hall–Kier alpha value is -0.770. The second-order valence-electron chi connectivity index (χ2n) is 1.08. The van der Waals surface area contributed by atoms with Crippen molar-refractivity contribution in [2.45, 2.75) is 0 Å². The second kappa shape index (κ2) is 1.38. The first-order valence-corrected chi connectivity index (χ1v) is 2.11. The molecular weight excluding hydrogens is 110 g/mol. The number of hydrogen-bond acceptors (Lipinski definition) is 2. The highest BCUT2D eigenvalue weighted by Crippen LogP contribution is 1.97. The van der Waals surface area contributed by atoms with Gasteiger partial charge in [-0.15, -0.1) is 10.2 Å². The third kappa shape index (κ3) is 0.806. The smallest absolute Gasteiger partial charge is 0.219 e. The first-order chi connectivity index (χ1) is 3.29. The summed E-state index contributed by atoms with van der Waals surface area (Å²) >= 11 is 4.56. The number of nitrogens with zero attached hydrogens (tertiary/aromatic N) is 2. The van der Waals surface area contributed by atoms with Crippen LogP contribution in [0.5, 0.6) is 0 Å². The van der Waals surface area contributed by atoms with Crippen LogP contribution in [0.4, 0.5) is 0 Å². The van der Waals surface area contributed by atoms with Crippen molar-refractivity contribution >= 4 is 17.3 Å². The average molecular weight is 113 g/mol. The van der Waals surface area contributed by atoms with Crippen LogP contribution in [0.3, 0.4) is 0 Å². The van der Waals surface area contributed by atoms with Crippen molar-refractivity contribution in [3.63, 3.8) is 0 Å². The van der Waals surface area contributed by atoms with Crippen molar-refractivity contribution in [1.29, 1.82) is 0 Å². The summed E-state index contributed by atoms with van der Waals surface area (Å²) in [7, 11) is 0. The van der Waals surface area contributed by atoms with Gasteiger partial charge in [-0.3, -0.25) is 0 Å². The second-order valence-corrected chi connectivity index (χ2v) is 1.46.